The van der Waals surface area contributed by atoms with E-state index < -0.39 is 6.10 Å². The van der Waals surface area contributed by atoms with Crippen molar-refractivity contribution in [3.63, 3.8) is 0 Å². The van der Waals surface area contributed by atoms with Gasteiger partial charge in [0.25, 0.3) is 11.8 Å². The molecule has 0 fully saturated rings. The first kappa shape index (κ1) is 16.5. The molecule has 3 rings (SSSR count). The van der Waals surface area contributed by atoms with Gasteiger partial charge in [0.2, 0.25) is 0 Å². The molecule has 0 bridgehead atoms. The second kappa shape index (κ2) is 7.04. The standard InChI is InChI=1S/C15H16N2O3S3/c1-21-15-11-8(4-2-5-9(11)18)12(23-15)14(20)17-16-13(19)10-6-3-7-22-10/h3,6-7,9,18H,2,4-5H2,1H3,(H,16,19)(H,17,20). The number of carbonyl (C=O) groups excluding carboxylic acids is 2. The Kier molecular flexibility index (Phi) is 5.05. The molecule has 2 aromatic rings. The third-order valence-corrected chi connectivity index (χ3v) is 6.93. The zero-order valence-corrected chi connectivity index (χ0v) is 14.9. The minimum Gasteiger partial charge on any atom is -0.388 e. The molecule has 0 radical (unpaired) electrons. The maximum atomic E-state index is 12.4. The van der Waals surface area contributed by atoms with E-state index in [1.807, 2.05) is 6.26 Å². The van der Waals surface area contributed by atoms with Gasteiger partial charge in [-0.25, -0.2) is 0 Å². The molecule has 1 unspecified atom stereocenters. The molecule has 1 aliphatic rings. The summed E-state index contributed by atoms with van der Waals surface area (Å²) in [7, 11) is 0. The minimum atomic E-state index is -0.500. The van der Waals surface area contributed by atoms with Gasteiger partial charge in [-0.3, -0.25) is 20.4 Å². The summed E-state index contributed by atoms with van der Waals surface area (Å²) in [5.74, 6) is -0.658. The minimum absolute atomic E-state index is 0.328. The quantitative estimate of drug-likeness (QED) is 0.575. The van der Waals surface area contributed by atoms with Crippen LogP contribution in [0.4, 0.5) is 0 Å². The molecule has 5 nitrogen and oxygen atoms in total. The molecular formula is C15H16N2O3S3. The van der Waals surface area contributed by atoms with Crippen molar-refractivity contribution in [2.45, 2.75) is 29.6 Å². The lowest BCUT2D eigenvalue weighted by Crippen LogP contribution is -2.41. The van der Waals surface area contributed by atoms with Gasteiger partial charge in [0.15, 0.2) is 0 Å². The van der Waals surface area contributed by atoms with Crippen molar-refractivity contribution in [2.75, 3.05) is 6.26 Å². The van der Waals surface area contributed by atoms with Crippen LogP contribution in [0.15, 0.2) is 21.7 Å². The summed E-state index contributed by atoms with van der Waals surface area (Å²) in [6.45, 7) is 0. The highest BCUT2D eigenvalue weighted by Crippen LogP contribution is 2.43. The Bertz CT molecular complexity index is 725. The third-order valence-electron chi connectivity index (χ3n) is 3.68. The van der Waals surface area contributed by atoms with Crippen LogP contribution < -0.4 is 10.9 Å². The molecule has 0 spiro atoms. The van der Waals surface area contributed by atoms with Crippen LogP contribution in [-0.2, 0) is 6.42 Å². The highest BCUT2D eigenvalue weighted by Gasteiger charge is 2.29. The van der Waals surface area contributed by atoms with E-state index in [0.29, 0.717) is 9.75 Å². The second-order valence-corrected chi connectivity index (χ2v) is 8.15. The van der Waals surface area contributed by atoms with Gasteiger partial charge in [-0.2, -0.15) is 0 Å². The first-order valence-corrected chi connectivity index (χ1v) is 10.1. The number of aliphatic hydroxyl groups is 1. The van der Waals surface area contributed by atoms with E-state index in [4.69, 9.17) is 0 Å². The average molecular weight is 369 g/mol. The Labute approximate surface area is 146 Å². The summed E-state index contributed by atoms with van der Waals surface area (Å²) < 4.78 is 0.974. The topological polar surface area (TPSA) is 78.4 Å². The molecule has 2 heterocycles. The molecule has 1 aliphatic carbocycles. The third kappa shape index (κ3) is 3.30. The normalized spacial score (nSPS) is 16.7. The van der Waals surface area contributed by atoms with Gasteiger partial charge in [-0.05, 0) is 42.5 Å². The lowest BCUT2D eigenvalue weighted by Gasteiger charge is -2.19. The number of thiophene rings is 2. The summed E-state index contributed by atoms with van der Waals surface area (Å²) in [5.41, 5.74) is 6.72. The summed E-state index contributed by atoms with van der Waals surface area (Å²) in [6, 6.07) is 3.48. The van der Waals surface area contributed by atoms with Gasteiger partial charge in [-0.1, -0.05) is 6.07 Å². The predicted molar refractivity (Wildman–Crippen MR) is 93.2 cm³/mol. The lowest BCUT2D eigenvalue weighted by atomic mass is 9.91. The van der Waals surface area contributed by atoms with Crippen LogP contribution >= 0.6 is 34.4 Å². The first-order valence-electron chi connectivity index (χ1n) is 7.13. The molecule has 2 aromatic heterocycles. The van der Waals surface area contributed by atoms with Crippen molar-refractivity contribution in [1.82, 2.24) is 10.9 Å². The van der Waals surface area contributed by atoms with Crippen molar-refractivity contribution in [3.05, 3.63) is 38.4 Å². The summed E-state index contributed by atoms with van der Waals surface area (Å²) in [4.78, 5) is 25.4. The molecule has 0 saturated carbocycles. The van der Waals surface area contributed by atoms with E-state index in [2.05, 4.69) is 10.9 Å². The molecule has 2 amide bonds. The number of hydrogen-bond acceptors (Lipinski definition) is 6. The maximum absolute atomic E-state index is 12.4. The fraction of sp³-hybridized carbons (Fsp3) is 0.333. The van der Waals surface area contributed by atoms with Crippen LogP contribution in [0.1, 0.15) is 49.4 Å². The molecule has 23 heavy (non-hydrogen) atoms. The van der Waals surface area contributed by atoms with E-state index in [0.717, 1.165) is 34.6 Å². The number of amides is 2. The Balaban J connectivity index is 1.76. The second-order valence-electron chi connectivity index (χ2n) is 5.11. The highest BCUT2D eigenvalue weighted by atomic mass is 32.2. The fourth-order valence-electron chi connectivity index (χ4n) is 2.63. The summed E-state index contributed by atoms with van der Waals surface area (Å²) in [6.07, 6.45) is 3.81. The first-order chi connectivity index (χ1) is 11.1. The molecular weight excluding hydrogens is 352 g/mol. The SMILES string of the molecule is CSc1sc(C(=O)NNC(=O)c2cccs2)c2c1C(O)CCC2. The number of thioether (sulfide) groups is 1. The fourth-order valence-corrected chi connectivity index (χ4v) is 5.35. The largest absolute Gasteiger partial charge is 0.388 e. The zero-order chi connectivity index (χ0) is 16.4. The molecule has 0 aliphatic heterocycles. The number of fused-ring (bicyclic) bond motifs is 1. The van der Waals surface area contributed by atoms with Gasteiger partial charge in [0.05, 0.1) is 20.1 Å². The van der Waals surface area contributed by atoms with Gasteiger partial charge < -0.3 is 5.11 Å². The smallest absolute Gasteiger partial charge is 0.280 e. The Hall–Kier alpha value is -1.35. The van der Waals surface area contributed by atoms with E-state index in [-0.39, 0.29) is 11.8 Å². The van der Waals surface area contributed by atoms with E-state index >= 15 is 0 Å². The van der Waals surface area contributed by atoms with E-state index in [9.17, 15) is 14.7 Å². The van der Waals surface area contributed by atoms with E-state index in [1.165, 1.54) is 22.7 Å². The monoisotopic (exact) mass is 368 g/mol. The van der Waals surface area contributed by atoms with Crippen molar-refractivity contribution in [3.8, 4) is 0 Å². The van der Waals surface area contributed by atoms with Crippen LogP contribution in [0.2, 0.25) is 0 Å². The van der Waals surface area contributed by atoms with Crippen LogP contribution in [0.5, 0.6) is 0 Å². The lowest BCUT2D eigenvalue weighted by molar-refractivity contribution is 0.0850. The molecule has 8 heteroatoms. The number of carbonyl (C=O) groups is 2. The highest BCUT2D eigenvalue weighted by molar-refractivity contribution is 8.00. The van der Waals surface area contributed by atoms with Gasteiger partial charge in [-0.15, -0.1) is 34.4 Å². The van der Waals surface area contributed by atoms with Gasteiger partial charge >= 0.3 is 0 Å². The number of rotatable bonds is 3. The number of hydrogen-bond donors (Lipinski definition) is 3. The summed E-state index contributed by atoms with van der Waals surface area (Å²) >= 11 is 4.23. The average Bonchev–Trinajstić information content (AvgIpc) is 3.20. The Morgan fingerprint density at radius 3 is 2.83 bits per heavy atom. The molecule has 122 valence electrons. The molecule has 3 N–H and O–H groups in total. The van der Waals surface area contributed by atoms with Gasteiger partial charge in [0.1, 0.15) is 0 Å². The van der Waals surface area contributed by atoms with Crippen LogP contribution in [0, 0.1) is 0 Å². The Morgan fingerprint density at radius 1 is 1.35 bits per heavy atom. The van der Waals surface area contributed by atoms with Crippen molar-refractivity contribution in [2.24, 2.45) is 0 Å². The molecule has 0 aromatic carbocycles. The summed E-state index contributed by atoms with van der Waals surface area (Å²) in [5, 5.41) is 12.0. The zero-order valence-electron chi connectivity index (χ0n) is 12.4. The van der Waals surface area contributed by atoms with E-state index in [1.54, 1.807) is 29.3 Å². The van der Waals surface area contributed by atoms with Crippen LogP contribution in [0.3, 0.4) is 0 Å². The van der Waals surface area contributed by atoms with Crippen molar-refractivity contribution < 1.29 is 14.7 Å². The predicted octanol–water partition coefficient (Wildman–Crippen LogP) is 2.98. The number of aliphatic hydroxyl groups excluding tert-OH is 1. The van der Waals surface area contributed by atoms with Crippen LogP contribution in [0.25, 0.3) is 0 Å². The molecule has 0 saturated heterocycles. The number of nitrogens with one attached hydrogen (secondary N) is 2. The van der Waals surface area contributed by atoms with Gasteiger partial charge in [0, 0.05) is 5.56 Å². The van der Waals surface area contributed by atoms with Crippen molar-refractivity contribution >= 4 is 46.2 Å². The van der Waals surface area contributed by atoms with Crippen LogP contribution in [-0.4, -0.2) is 23.2 Å². The number of hydrazine groups is 1. The van der Waals surface area contributed by atoms with Crippen molar-refractivity contribution in [1.29, 1.82) is 0 Å². The maximum Gasteiger partial charge on any atom is 0.280 e. The molecule has 1 atom stereocenters. The Morgan fingerprint density at radius 2 is 2.13 bits per heavy atom.